The highest BCUT2D eigenvalue weighted by molar-refractivity contribution is 5.93. The van der Waals surface area contributed by atoms with E-state index < -0.39 is 5.97 Å². The Kier molecular flexibility index (Phi) is 6.62. The molecule has 5 heteroatoms. The molecule has 1 aromatic carbocycles. The second-order valence-corrected chi connectivity index (χ2v) is 5.20. The van der Waals surface area contributed by atoms with Gasteiger partial charge in [-0.2, -0.15) is 0 Å². The summed E-state index contributed by atoms with van der Waals surface area (Å²) in [4.78, 5) is 26.2. The molecule has 0 saturated carbocycles. The van der Waals surface area contributed by atoms with Crippen LogP contribution in [0.2, 0.25) is 0 Å². The molecular weight excluding hydrogens is 268 g/mol. The van der Waals surface area contributed by atoms with E-state index in [2.05, 4.69) is 0 Å². The first-order valence-corrected chi connectivity index (χ1v) is 6.78. The topological polar surface area (TPSA) is 60.9 Å². The molecule has 1 aromatic rings. The number of carboxylic acid groups (broad SMARTS) is 1. The van der Waals surface area contributed by atoms with Gasteiger partial charge in [-0.15, -0.1) is 0 Å². The van der Waals surface area contributed by atoms with E-state index in [0.717, 1.165) is 11.1 Å². The molecule has 0 saturated heterocycles. The summed E-state index contributed by atoms with van der Waals surface area (Å²) in [6, 6.07) is 7.76. The zero-order valence-corrected chi connectivity index (χ0v) is 12.7. The number of hydrogen-bond donors (Lipinski definition) is 1. The minimum atomic E-state index is -1.01. The van der Waals surface area contributed by atoms with Crippen LogP contribution in [0.1, 0.15) is 11.1 Å². The van der Waals surface area contributed by atoms with Crippen LogP contribution in [-0.2, 0) is 9.59 Å². The fourth-order valence-electron chi connectivity index (χ4n) is 1.70. The number of aryl methyl sites for hydroxylation is 1. The third kappa shape index (κ3) is 6.72. The predicted octanol–water partition coefficient (Wildman–Crippen LogP) is 1.48. The van der Waals surface area contributed by atoms with Gasteiger partial charge >= 0.3 is 5.97 Å². The van der Waals surface area contributed by atoms with E-state index in [1.807, 2.05) is 50.2 Å². The Morgan fingerprint density at radius 1 is 1.14 bits per heavy atom. The lowest BCUT2D eigenvalue weighted by atomic mass is 10.1. The van der Waals surface area contributed by atoms with Crippen LogP contribution < -0.4 is 0 Å². The maximum absolute atomic E-state index is 12.1. The van der Waals surface area contributed by atoms with Gasteiger partial charge < -0.3 is 14.9 Å². The number of benzene rings is 1. The lowest BCUT2D eigenvalue weighted by Crippen LogP contribution is -2.39. The zero-order chi connectivity index (χ0) is 15.8. The minimum absolute atomic E-state index is 0.287. The lowest BCUT2D eigenvalue weighted by Gasteiger charge is -2.21. The molecular formula is C16H22N2O3. The normalized spacial score (nSPS) is 11.0. The molecule has 5 nitrogen and oxygen atoms in total. The summed E-state index contributed by atoms with van der Waals surface area (Å²) >= 11 is 0. The number of rotatable bonds is 7. The first-order chi connectivity index (χ1) is 9.88. The van der Waals surface area contributed by atoms with Crippen LogP contribution in [0.4, 0.5) is 0 Å². The second kappa shape index (κ2) is 8.21. The molecule has 0 fully saturated rings. The molecule has 0 aromatic heterocycles. The number of carboxylic acids is 1. The monoisotopic (exact) mass is 290 g/mol. The highest BCUT2D eigenvalue weighted by Gasteiger charge is 2.14. The molecule has 0 aliphatic carbocycles. The summed E-state index contributed by atoms with van der Waals surface area (Å²) in [6.07, 6.45) is 3.12. The molecule has 0 atom stereocenters. The molecule has 0 unspecified atom stereocenters. The molecule has 0 radical (unpaired) electrons. The van der Waals surface area contributed by atoms with Crippen molar-refractivity contribution in [3.05, 3.63) is 41.5 Å². The fraction of sp³-hybridized carbons (Fsp3) is 0.375. The predicted molar refractivity (Wildman–Crippen MR) is 83.0 cm³/mol. The van der Waals surface area contributed by atoms with Gasteiger partial charge in [-0.05, 0) is 32.7 Å². The molecule has 114 valence electrons. The van der Waals surface area contributed by atoms with Crippen molar-refractivity contribution in [2.24, 2.45) is 0 Å². The summed E-state index contributed by atoms with van der Waals surface area (Å²) in [5.41, 5.74) is 2.06. The Bertz CT molecular complexity index is 507. The first kappa shape index (κ1) is 16.9. The van der Waals surface area contributed by atoms with Crippen LogP contribution in [0.3, 0.4) is 0 Å². The number of nitrogens with zero attached hydrogens (tertiary/aromatic N) is 2. The number of hydrogen-bond acceptors (Lipinski definition) is 3. The van der Waals surface area contributed by atoms with Gasteiger partial charge in [-0.3, -0.25) is 9.59 Å². The van der Waals surface area contributed by atoms with Crippen LogP contribution >= 0.6 is 0 Å². The molecule has 21 heavy (non-hydrogen) atoms. The second-order valence-electron chi connectivity index (χ2n) is 5.20. The molecule has 0 aliphatic heterocycles. The molecule has 1 amide bonds. The Morgan fingerprint density at radius 2 is 1.76 bits per heavy atom. The molecule has 0 spiro atoms. The van der Waals surface area contributed by atoms with Crippen molar-refractivity contribution in [2.75, 3.05) is 33.7 Å². The summed E-state index contributed by atoms with van der Waals surface area (Å²) in [6.45, 7) is 2.72. The standard InChI is InChI=1S/C16H22N2O3/c1-13-4-6-14(7-5-13)8-9-15(19)18(12-16(20)21)11-10-17(2)3/h4-9H,10-12H2,1-3H3,(H,20,21)/b9-8+. The van der Waals surface area contributed by atoms with Gasteiger partial charge in [0.15, 0.2) is 0 Å². The largest absolute Gasteiger partial charge is 0.480 e. The first-order valence-electron chi connectivity index (χ1n) is 6.78. The Labute approximate surface area is 125 Å². The van der Waals surface area contributed by atoms with Crippen molar-refractivity contribution in [3.8, 4) is 0 Å². The van der Waals surface area contributed by atoms with Crippen molar-refractivity contribution >= 4 is 18.0 Å². The van der Waals surface area contributed by atoms with Gasteiger partial charge in [-0.25, -0.2) is 0 Å². The summed E-state index contributed by atoms with van der Waals surface area (Å²) in [5.74, 6) is -1.30. The van der Waals surface area contributed by atoms with Crippen molar-refractivity contribution < 1.29 is 14.7 Å². The van der Waals surface area contributed by atoms with Gasteiger partial charge in [-0.1, -0.05) is 29.8 Å². The molecule has 1 rings (SSSR count). The number of amides is 1. The Balaban J connectivity index is 2.70. The average Bonchev–Trinajstić information content (AvgIpc) is 2.42. The van der Waals surface area contributed by atoms with Gasteiger partial charge in [0.25, 0.3) is 0 Å². The van der Waals surface area contributed by atoms with E-state index in [0.29, 0.717) is 13.1 Å². The van der Waals surface area contributed by atoms with E-state index in [1.54, 1.807) is 6.08 Å². The quantitative estimate of drug-likeness (QED) is 0.773. The third-order valence-electron chi connectivity index (χ3n) is 2.95. The number of aliphatic carboxylic acids is 1. The number of carbonyl (C=O) groups excluding carboxylic acids is 1. The van der Waals surface area contributed by atoms with E-state index in [-0.39, 0.29) is 12.5 Å². The highest BCUT2D eigenvalue weighted by atomic mass is 16.4. The maximum Gasteiger partial charge on any atom is 0.323 e. The third-order valence-corrected chi connectivity index (χ3v) is 2.95. The average molecular weight is 290 g/mol. The Hall–Kier alpha value is -2.14. The van der Waals surface area contributed by atoms with Crippen LogP contribution in [0.15, 0.2) is 30.3 Å². The molecule has 0 aliphatic rings. The highest BCUT2D eigenvalue weighted by Crippen LogP contribution is 2.05. The van der Waals surface area contributed by atoms with Crippen molar-refractivity contribution in [2.45, 2.75) is 6.92 Å². The van der Waals surface area contributed by atoms with Crippen molar-refractivity contribution in [1.82, 2.24) is 9.80 Å². The smallest absolute Gasteiger partial charge is 0.323 e. The van der Waals surface area contributed by atoms with Crippen LogP contribution in [0.25, 0.3) is 6.08 Å². The fourth-order valence-corrected chi connectivity index (χ4v) is 1.70. The number of carbonyl (C=O) groups is 2. The van der Waals surface area contributed by atoms with Crippen molar-refractivity contribution in [1.29, 1.82) is 0 Å². The lowest BCUT2D eigenvalue weighted by molar-refractivity contribution is -0.142. The Morgan fingerprint density at radius 3 is 2.29 bits per heavy atom. The van der Waals surface area contributed by atoms with Crippen LogP contribution in [-0.4, -0.2) is 60.5 Å². The van der Waals surface area contributed by atoms with Gasteiger partial charge in [0.05, 0.1) is 0 Å². The molecule has 1 N–H and O–H groups in total. The summed E-state index contributed by atoms with van der Waals surface area (Å²) in [7, 11) is 3.76. The summed E-state index contributed by atoms with van der Waals surface area (Å²) < 4.78 is 0. The van der Waals surface area contributed by atoms with E-state index >= 15 is 0 Å². The van der Waals surface area contributed by atoms with E-state index in [1.165, 1.54) is 11.0 Å². The summed E-state index contributed by atoms with van der Waals surface area (Å²) in [5, 5.41) is 8.88. The van der Waals surface area contributed by atoms with E-state index in [9.17, 15) is 9.59 Å². The SMILES string of the molecule is Cc1ccc(/C=C/C(=O)N(CCN(C)C)CC(=O)O)cc1. The molecule has 0 heterocycles. The van der Waals surface area contributed by atoms with Gasteiger partial charge in [0, 0.05) is 19.2 Å². The molecule has 0 bridgehead atoms. The van der Waals surface area contributed by atoms with E-state index in [4.69, 9.17) is 5.11 Å². The van der Waals surface area contributed by atoms with Crippen LogP contribution in [0.5, 0.6) is 0 Å². The van der Waals surface area contributed by atoms with Crippen molar-refractivity contribution in [3.63, 3.8) is 0 Å². The van der Waals surface area contributed by atoms with Crippen LogP contribution in [0, 0.1) is 6.92 Å². The zero-order valence-electron chi connectivity index (χ0n) is 12.7. The van der Waals surface area contributed by atoms with Gasteiger partial charge in [0.1, 0.15) is 6.54 Å². The van der Waals surface area contributed by atoms with Gasteiger partial charge in [0.2, 0.25) is 5.91 Å². The maximum atomic E-state index is 12.1. The number of likely N-dealkylation sites (N-methyl/N-ethyl adjacent to an activating group) is 1. The minimum Gasteiger partial charge on any atom is -0.480 e.